The van der Waals surface area contributed by atoms with Crippen LogP contribution in [0.1, 0.15) is 37.1 Å². The average Bonchev–Trinajstić information content (AvgIpc) is 3.16. The summed E-state index contributed by atoms with van der Waals surface area (Å²) in [4.78, 5) is 19.8. The number of benzene rings is 2. The van der Waals surface area contributed by atoms with Gasteiger partial charge in [-0.2, -0.15) is 0 Å². The minimum atomic E-state index is 0.0837. The number of imidazole rings is 1. The molecule has 1 aromatic heterocycles. The molecule has 0 unspecified atom stereocenters. The van der Waals surface area contributed by atoms with Crippen molar-refractivity contribution in [2.45, 2.75) is 38.8 Å². The van der Waals surface area contributed by atoms with Gasteiger partial charge in [0.15, 0.2) is 0 Å². The molecule has 1 aliphatic rings. The average molecular weight is 451 g/mol. The number of nitrogens with zero attached hydrogens (tertiary/aromatic N) is 3. The number of carbonyl (C=O) groups excluding carboxylic acids is 1. The number of amides is 1. The molecule has 1 N–H and O–H groups in total. The van der Waals surface area contributed by atoms with Crippen LogP contribution in [0.15, 0.2) is 42.5 Å². The largest absolute Gasteiger partial charge is 0.497 e. The molecule has 2 aromatic carbocycles. The Hall–Kier alpha value is -3.06. The molecule has 4 rings (SSSR count). The van der Waals surface area contributed by atoms with Gasteiger partial charge in [0.25, 0.3) is 0 Å². The summed E-state index contributed by atoms with van der Waals surface area (Å²) >= 11 is 0. The third-order valence-corrected chi connectivity index (χ3v) is 6.60. The molecule has 1 atom stereocenters. The number of piperidine rings is 1. The van der Waals surface area contributed by atoms with Crippen LogP contribution in [-0.4, -0.2) is 47.7 Å². The molecular weight excluding hydrogens is 416 g/mol. The molecule has 7 nitrogen and oxygen atoms in total. The van der Waals surface area contributed by atoms with E-state index in [1.54, 1.807) is 14.2 Å². The molecule has 1 saturated heterocycles. The molecule has 7 heteroatoms. The highest BCUT2D eigenvalue weighted by atomic mass is 16.5. The number of aryl methyl sites for hydroxylation is 1. The van der Waals surface area contributed by atoms with Crippen LogP contribution >= 0.6 is 0 Å². The second kappa shape index (κ2) is 10.7. The molecule has 176 valence electrons. The number of rotatable bonds is 9. The zero-order valence-electron chi connectivity index (χ0n) is 19.8. The van der Waals surface area contributed by atoms with Gasteiger partial charge >= 0.3 is 0 Å². The summed E-state index contributed by atoms with van der Waals surface area (Å²) < 4.78 is 12.8. The zero-order chi connectivity index (χ0) is 23.2. The molecule has 2 heterocycles. The molecule has 3 aromatic rings. The summed E-state index contributed by atoms with van der Waals surface area (Å²) in [5, 5.41) is 3.04. The van der Waals surface area contributed by atoms with E-state index in [0.29, 0.717) is 18.9 Å². The topological polar surface area (TPSA) is 68.6 Å². The maximum absolute atomic E-state index is 12.5. The van der Waals surface area contributed by atoms with Crippen LogP contribution in [0, 0.1) is 5.92 Å². The first-order chi connectivity index (χ1) is 16.1. The molecule has 0 aliphatic carbocycles. The van der Waals surface area contributed by atoms with Gasteiger partial charge in [-0.15, -0.1) is 0 Å². The SMILES string of the molecule is COc1ccc(CNC(=O)CC[C@@H]2CCCN(Cc3nc4ccccc4n3C)C2)c(OC)c1. The Morgan fingerprint density at radius 1 is 1.18 bits per heavy atom. The summed E-state index contributed by atoms with van der Waals surface area (Å²) in [7, 11) is 5.35. The van der Waals surface area contributed by atoms with Crippen molar-refractivity contribution in [1.29, 1.82) is 0 Å². The fourth-order valence-corrected chi connectivity index (χ4v) is 4.68. The summed E-state index contributed by atoms with van der Waals surface area (Å²) in [6.45, 7) is 3.41. The van der Waals surface area contributed by atoms with Crippen LogP contribution < -0.4 is 14.8 Å². The lowest BCUT2D eigenvalue weighted by molar-refractivity contribution is -0.121. The van der Waals surface area contributed by atoms with Crippen molar-refractivity contribution >= 4 is 16.9 Å². The van der Waals surface area contributed by atoms with Crippen molar-refractivity contribution < 1.29 is 14.3 Å². The molecule has 1 aliphatic heterocycles. The van der Waals surface area contributed by atoms with Gasteiger partial charge in [0.05, 0.1) is 31.8 Å². The molecule has 33 heavy (non-hydrogen) atoms. The number of ether oxygens (including phenoxy) is 2. The number of carbonyl (C=O) groups is 1. The molecule has 0 bridgehead atoms. The molecule has 1 fully saturated rings. The number of hydrogen-bond donors (Lipinski definition) is 1. The predicted molar refractivity (Wildman–Crippen MR) is 129 cm³/mol. The standard InChI is InChI=1S/C26H34N4O3/c1-29-23-9-5-4-8-22(23)28-25(29)18-30-14-6-7-19(17-30)10-13-26(31)27-16-20-11-12-21(32-2)15-24(20)33-3/h4-5,8-9,11-12,15,19H,6-7,10,13-14,16-18H2,1-3H3,(H,27,31)/t19-/m0/s1. The Morgan fingerprint density at radius 2 is 2.03 bits per heavy atom. The lowest BCUT2D eigenvalue weighted by atomic mass is 9.93. The first-order valence-corrected chi connectivity index (χ1v) is 11.7. The van der Waals surface area contributed by atoms with Crippen LogP contribution in [0.5, 0.6) is 11.5 Å². The van der Waals surface area contributed by atoms with Gasteiger partial charge in [0.2, 0.25) is 5.91 Å². The summed E-state index contributed by atoms with van der Waals surface area (Å²) in [6.07, 6.45) is 3.80. The van der Waals surface area contributed by atoms with Crippen LogP contribution in [-0.2, 0) is 24.9 Å². The minimum absolute atomic E-state index is 0.0837. The summed E-state index contributed by atoms with van der Waals surface area (Å²) in [6, 6.07) is 13.9. The van der Waals surface area contributed by atoms with E-state index < -0.39 is 0 Å². The highest BCUT2D eigenvalue weighted by Gasteiger charge is 2.22. The van der Waals surface area contributed by atoms with Crippen molar-refractivity contribution in [2.75, 3.05) is 27.3 Å². The number of nitrogens with one attached hydrogen (secondary N) is 1. The highest BCUT2D eigenvalue weighted by molar-refractivity contribution is 5.76. The van der Waals surface area contributed by atoms with Crippen LogP contribution in [0.25, 0.3) is 11.0 Å². The third-order valence-electron chi connectivity index (χ3n) is 6.60. The maximum atomic E-state index is 12.5. The van der Waals surface area contributed by atoms with E-state index in [9.17, 15) is 4.79 Å². The maximum Gasteiger partial charge on any atom is 0.220 e. The van der Waals surface area contributed by atoms with E-state index in [-0.39, 0.29) is 5.91 Å². The third kappa shape index (κ3) is 5.66. The number of methoxy groups -OCH3 is 2. The number of likely N-dealkylation sites (tertiary alicyclic amines) is 1. The van der Waals surface area contributed by atoms with E-state index in [1.807, 2.05) is 24.3 Å². The van der Waals surface area contributed by atoms with Crippen molar-refractivity contribution in [2.24, 2.45) is 13.0 Å². The Balaban J connectivity index is 1.25. The van der Waals surface area contributed by atoms with Gasteiger partial charge in [-0.1, -0.05) is 12.1 Å². The smallest absolute Gasteiger partial charge is 0.220 e. The minimum Gasteiger partial charge on any atom is -0.497 e. The van der Waals surface area contributed by atoms with Gasteiger partial charge in [-0.05, 0) is 56.0 Å². The number of hydrogen-bond acceptors (Lipinski definition) is 5. The summed E-state index contributed by atoms with van der Waals surface area (Å²) in [5.74, 6) is 3.18. The first-order valence-electron chi connectivity index (χ1n) is 11.7. The molecule has 0 saturated carbocycles. The van der Waals surface area contributed by atoms with E-state index in [4.69, 9.17) is 14.5 Å². The molecular formula is C26H34N4O3. The number of fused-ring (bicyclic) bond motifs is 1. The van der Waals surface area contributed by atoms with E-state index in [1.165, 1.54) is 18.4 Å². The van der Waals surface area contributed by atoms with Crippen LogP contribution in [0.2, 0.25) is 0 Å². The second-order valence-corrected chi connectivity index (χ2v) is 8.81. The Morgan fingerprint density at radius 3 is 2.82 bits per heavy atom. The lowest BCUT2D eigenvalue weighted by Gasteiger charge is -2.32. The van der Waals surface area contributed by atoms with E-state index >= 15 is 0 Å². The lowest BCUT2D eigenvalue weighted by Crippen LogP contribution is -2.36. The quantitative estimate of drug-likeness (QED) is 0.536. The molecule has 0 spiro atoms. The normalized spacial score (nSPS) is 16.6. The van der Waals surface area contributed by atoms with E-state index in [0.717, 1.165) is 54.5 Å². The summed E-state index contributed by atoms with van der Waals surface area (Å²) in [5.41, 5.74) is 3.16. The molecule has 1 amide bonds. The van der Waals surface area contributed by atoms with Crippen molar-refractivity contribution in [3.63, 3.8) is 0 Å². The fourth-order valence-electron chi connectivity index (χ4n) is 4.68. The van der Waals surface area contributed by atoms with Gasteiger partial charge in [0.1, 0.15) is 17.3 Å². The van der Waals surface area contributed by atoms with Gasteiger partial charge in [-0.25, -0.2) is 4.98 Å². The van der Waals surface area contributed by atoms with Crippen molar-refractivity contribution in [3.05, 3.63) is 53.9 Å². The predicted octanol–water partition coefficient (Wildman–Crippen LogP) is 3.90. The van der Waals surface area contributed by atoms with Gasteiger partial charge in [0, 0.05) is 38.2 Å². The monoisotopic (exact) mass is 450 g/mol. The van der Waals surface area contributed by atoms with Crippen LogP contribution in [0.4, 0.5) is 0 Å². The number of para-hydroxylation sites is 2. The second-order valence-electron chi connectivity index (χ2n) is 8.81. The van der Waals surface area contributed by atoms with Crippen LogP contribution in [0.3, 0.4) is 0 Å². The number of aromatic nitrogens is 2. The van der Waals surface area contributed by atoms with Crippen molar-refractivity contribution in [1.82, 2.24) is 19.8 Å². The first kappa shape index (κ1) is 23.1. The Bertz CT molecular complexity index is 1090. The molecule has 0 radical (unpaired) electrons. The Kier molecular flexibility index (Phi) is 7.50. The van der Waals surface area contributed by atoms with Gasteiger partial charge in [-0.3, -0.25) is 9.69 Å². The van der Waals surface area contributed by atoms with Gasteiger partial charge < -0.3 is 19.4 Å². The van der Waals surface area contributed by atoms with Crippen molar-refractivity contribution in [3.8, 4) is 11.5 Å². The Labute approximate surface area is 195 Å². The van der Waals surface area contributed by atoms with E-state index in [2.05, 4.69) is 40.0 Å². The zero-order valence-corrected chi connectivity index (χ0v) is 19.8. The fraction of sp³-hybridized carbons (Fsp3) is 0.462. The highest BCUT2D eigenvalue weighted by Crippen LogP contribution is 2.25.